The van der Waals surface area contributed by atoms with Crippen molar-refractivity contribution in [2.75, 3.05) is 18.9 Å². The number of carbonyl (C=O) groups excluding carboxylic acids is 1. The first kappa shape index (κ1) is 13.7. The molecule has 0 spiro atoms. The van der Waals surface area contributed by atoms with Crippen molar-refractivity contribution in [3.8, 4) is 0 Å². The average molecular weight is 346 g/mol. The number of rotatable bonds is 5. The zero-order chi connectivity index (χ0) is 13.0. The second kappa shape index (κ2) is 6.42. The Bertz CT molecular complexity index is 512. The molecule has 2 heterocycles. The number of hydrogen-bond donors (Lipinski definition) is 1. The van der Waals surface area contributed by atoms with Crippen molar-refractivity contribution in [2.24, 2.45) is 0 Å². The first-order valence-electron chi connectivity index (χ1n) is 5.24. The Hall–Kier alpha value is -0.760. The summed E-state index contributed by atoms with van der Waals surface area (Å²) < 4.78 is 1.09. The van der Waals surface area contributed by atoms with E-state index in [1.165, 1.54) is 16.2 Å². The first-order chi connectivity index (χ1) is 8.63. The molecular formula is C11H12BrN3OS2. The molecule has 0 radical (unpaired) electrons. The van der Waals surface area contributed by atoms with Gasteiger partial charge in [0.2, 0.25) is 5.91 Å². The molecule has 2 rings (SSSR count). The van der Waals surface area contributed by atoms with Crippen molar-refractivity contribution in [3.63, 3.8) is 0 Å². The summed E-state index contributed by atoms with van der Waals surface area (Å²) in [6.07, 6.45) is 1.67. The molecule has 0 fully saturated rings. The molecule has 0 aliphatic rings. The lowest BCUT2D eigenvalue weighted by Gasteiger charge is -2.14. The lowest BCUT2D eigenvalue weighted by Crippen LogP contribution is -2.29. The van der Waals surface area contributed by atoms with Crippen LogP contribution in [0.3, 0.4) is 0 Å². The van der Waals surface area contributed by atoms with Gasteiger partial charge in [-0.2, -0.15) is 0 Å². The predicted octanol–water partition coefficient (Wildman–Crippen LogP) is 3.04. The Balaban J connectivity index is 1.80. The van der Waals surface area contributed by atoms with Crippen molar-refractivity contribution in [1.82, 2.24) is 9.88 Å². The van der Waals surface area contributed by atoms with E-state index >= 15 is 0 Å². The van der Waals surface area contributed by atoms with Crippen LogP contribution in [-0.4, -0.2) is 29.4 Å². The Morgan fingerprint density at radius 3 is 3.00 bits per heavy atom. The Morgan fingerprint density at radius 2 is 2.39 bits per heavy atom. The van der Waals surface area contributed by atoms with Gasteiger partial charge in [0.25, 0.3) is 0 Å². The van der Waals surface area contributed by atoms with Crippen LogP contribution < -0.4 is 5.32 Å². The minimum Gasteiger partial charge on any atom is -0.301 e. The van der Waals surface area contributed by atoms with E-state index in [1.54, 1.807) is 17.5 Å². The van der Waals surface area contributed by atoms with Gasteiger partial charge in [-0.05, 0) is 29.0 Å². The molecule has 0 aliphatic carbocycles. The van der Waals surface area contributed by atoms with Gasteiger partial charge in [0.1, 0.15) is 0 Å². The minimum atomic E-state index is -0.0388. The van der Waals surface area contributed by atoms with Gasteiger partial charge in [-0.15, -0.1) is 22.7 Å². The number of aromatic nitrogens is 1. The van der Waals surface area contributed by atoms with Crippen LogP contribution in [0.4, 0.5) is 5.13 Å². The van der Waals surface area contributed by atoms with Gasteiger partial charge in [-0.1, -0.05) is 0 Å². The van der Waals surface area contributed by atoms with E-state index in [4.69, 9.17) is 0 Å². The molecule has 4 nitrogen and oxygen atoms in total. The third-order valence-electron chi connectivity index (χ3n) is 2.14. The van der Waals surface area contributed by atoms with Gasteiger partial charge < -0.3 is 5.32 Å². The molecule has 0 unspecified atom stereocenters. The number of amides is 1. The van der Waals surface area contributed by atoms with Crippen LogP contribution in [0.1, 0.15) is 4.88 Å². The normalized spacial score (nSPS) is 10.8. The van der Waals surface area contributed by atoms with Crippen molar-refractivity contribution >= 4 is 49.6 Å². The summed E-state index contributed by atoms with van der Waals surface area (Å²) in [4.78, 5) is 18.9. The van der Waals surface area contributed by atoms with Crippen LogP contribution in [0, 0.1) is 0 Å². The van der Waals surface area contributed by atoms with Crippen LogP contribution in [0.2, 0.25) is 0 Å². The van der Waals surface area contributed by atoms with Gasteiger partial charge in [0.05, 0.1) is 6.54 Å². The Kier molecular flexibility index (Phi) is 4.87. The number of halogens is 1. The second-order valence-corrected chi connectivity index (χ2v) is 6.59. The summed E-state index contributed by atoms with van der Waals surface area (Å²) in [6.45, 7) is 1.12. The monoisotopic (exact) mass is 345 g/mol. The van der Waals surface area contributed by atoms with E-state index in [2.05, 4.69) is 32.3 Å². The smallest absolute Gasteiger partial charge is 0.240 e. The van der Waals surface area contributed by atoms with Gasteiger partial charge in [-0.3, -0.25) is 9.69 Å². The standard InChI is InChI=1S/C11H12BrN3OS2/c1-15(5-9-4-8(12)7-18-9)6-10(16)14-11-13-2-3-17-11/h2-4,7H,5-6H2,1H3,(H,13,14,16). The molecular weight excluding hydrogens is 334 g/mol. The summed E-state index contributed by atoms with van der Waals surface area (Å²) in [5.74, 6) is -0.0388. The lowest BCUT2D eigenvalue weighted by molar-refractivity contribution is -0.117. The summed E-state index contributed by atoms with van der Waals surface area (Å²) in [5, 5.41) is 7.29. The fourth-order valence-electron chi connectivity index (χ4n) is 1.45. The lowest BCUT2D eigenvalue weighted by atomic mass is 10.4. The molecule has 1 amide bonds. The van der Waals surface area contributed by atoms with Crippen molar-refractivity contribution in [1.29, 1.82) is 0 Å². The maximum absolute atomic E-state index is 11.7. The highest BCUT2D eigenvalue weighted by Crippen LogP contribution is 2.20. The molecule has 2 aromatic heterocycles. The molecule has 18 heavy (non-hydrogen) atoms. The van der Waals surface area contributed by atoms with E-state index < -0.39 is 0 Å². The van der Waals surface area contributed by atoms with Gasteiger partial charge in [-0.25, -0.2) is 4.98 Å². The fourth-order valence-corrected chi connectivity index (χ4v) is 3.52. The van der Waals surface area contributed by atoms with Gasteiger partial charge >= 0.3 is 0 Å². The zero-order valence-corrected chi connectivity index (χ0v) is 12.9. The number of nitrogens with zero attached hydrogens (tertiary/aromatic N) is 2. The maximum atomic E-state index is 11.7. The largest absolute Gasteiger partial charge is 0.301 e. The van der Waals surface area contributed by atoms with Crippen LogP contribution in [0.25, 0.3) is 0 Å². The molecule has 0 atom stereocenters. The number of thiazole rings is 1. The second-order valence-electron chi connectivity index (χ2n) is 3.79. The van der Waals surface area contributed by atoms with Crippen LogP contribution in [0.15, 0.2) is 27.5 Å². The van der Waals surface area contributed by atoms with Crippen molar-refractivity contribution in [3.05, 3.63) is 32.4 Å². The number of carbonyl (C=O) groups is 1. The number of thiophene rings is 1. The number of likely N-dealkylation sites (N-methyl/N-ethyl adjacent to an activating group) is 1. The molecule has 7 heteroatoms. The van der Waals surface area contributed by atoms with Crippen LogP contribution >= 0.6 is 38.6 Å². The molecule has 0 saturated carbocycles. The maximum Gasteiger partial charge on any atom is 0.240 e. The number of anilines is 1. The SMILES string of the molecule is CN(CC(=O)Nc1nccs1)Cc1cc(Br)cs1. The fraction of sp³-hybridized carbons (Fsp3) is 0.273. The minimum absolute atomic E-state index is 0.0388. The zero-order valence-electron chi connectivity index (χ0n) is 9.72. The summed E-state index contributed by atoms with van der Waals surface area (Å²) in [5.41, 5.74) is 0. The van der Waals surface area contributed by atoms with E-state index in [9.17, 15) is 4.79 Å². The number of nitrogens with one attached hydrogen (secondary N) is 1. The van der Waals surface area contributed by atoms with E-state index in [0.717, 1.165) is 11.0 Å². The quantitative estimate of drug-likeness (QED) is 0.905. The van der Waals surface area contributed by atoms with E-state index in [1.807, 2.05) is 22.7 Å². The third-order valence-corrected chi connectivity index (χ3v) is 4.51. The molecule has 0 saturated heterocycles. The molecule has 1 N–H and O–H groups in total. The van der Waals surface area contributed by atoms with Crippen LogP contribution in [0.5, 0.6) is 0 Å². The summed E-state index contributed by atoms with van der Waals surface area (Å²) in [6, 6.07) is 2.07. The highest BCUT2D eigenvalue weighted by Gasteiger charge is 2.09. The van der Waals surface area contributed by atoms with E-state index in [-0.39, 0.29) is 5.91 Å². The third kappa shape index (κ3) is 4.16. The Labute approximate surface area is 122 Å². The van der Waals surface area contributed by atoms with Gasteiger partial charge in [0, 0.05) is 32.9 Å². The van der Waals surface area contributed by atoms with Crippen molar-refractivity contribution < 1.29 is 4.79 Å². The summed E-state index contributed by atoms with van der Waals surface area (Å²) in [7, 11) is 1.93. The van der Waals surface area contributed by atoms with Crippen molar-refractivity contribution in [2.45, 2.75) is 6.54 Å². The molecule has 0 aliphatic heterocycles. The first-order valence-corrected chi connectivity index (χ1v) is 7.79. The molecule has 0 bridgehead atoms. The summed E-state index contributed by atoms with van der Waals surface area (Å²) >= 11 is 6.52. The highest BCUT2D eigenvalue weighted by atomic mass is 79.9. The molecule has 2 aromatic rings. The Morgan fingerprint density at radius 1 is 1.56 bits per heavy atom. The predicted molar refractivity (Wildman–Crippen MR) is 79.1 cm³/mol. The van der Waals surface area contributed by atoms with Crippen LogP contribution in [-0.2, 0) is 11.3 Å². The van der Waals surface area contributed by atoms with E-state index in [0.29, 0.717) is 11.7 Å². The molecule has 0 aromatic carbocycles. The van der Waals surface area contributed by atoms with Gasteiger partial charge in [0.15, 0.2) is 5.13 Å². The average Bonchev–Trinajstić information content (AvgIpc) is 2.90. The molecule has 96 valence electrons. The topological polar surface area (TPSA) is 45.2 Å². The number of hydrogen-bond acceptors (Lipinski definition) is 5. The highest BCUT2D eigenvalue weighted by molar-refractivity contribution is 9.10.